The predicted octanol–water partition coefficient (Wildman–Crippen LogP) is 5.74. The van der Waals surface area contributed by atoms with Gasteiger partial charge in [-0.15, -0.1) is 0 Å². The Morgan fingerprint density at radius 2 is 1.16 bits per heavy atom. The molecule has 0 aromatic heterocycles. The van der Waals surface area contributed by atoms with Gasteiger partial charge in [0, 0.05) is 0 Å². The van der Waals surface area contributed by atoms with E-state index in [1.165, 1.54) is 35.1 Å². The lowest BCUT2D eigenvalue weighted by Crippen LogP contribution is -2.19. The Labute approximate surface area is 117 Å². The molecule has 19 heavy (non-hydrogen) atoms. The first-order valence-corrected chi connectivity index (χ1v) is 7.26. The Balaban J connectivity index is 2.30. The van der Waals surface area contributed by atoms with Gasteiger partial charge in [0.15, 0.2) is 0 Å². The quantitative estimate of drug-likeness (QED) is 0.651. The van der Waals surface area contributed by atoms with Crippen molar-refractivity contribution in [2.75, 3.05) is 0 Å². The first kappa shape index (κ1) is 13.9. The standard InChI is InChI=1S/C19H24/c1-5-19(4,6-2)18-13-11-17(12-14-18)16-9-7-15(3)8-10-16/h7-14H,5-6H2,1-4H3. The summed E-state index contributed by atoms with van der Waals surface area (Å²) in [5.41, 5.74) is 5.68. The van der Waals surface area contributed by atoms with Gasteiger partial charge in [0.2, 0.25) is 0 Å². The maximum atomic E-state index is 2.36. The third-order valence-corrected chi connectivity index (χ3v) is 4.53. The summed E-state index contributed by atoms with van der Waals surface area (Å²) in [7, 11) is 0. The Hall–Kier alpha value is -1.56. The number of hydrogen-bond acceptors (Lipinski definition) is 0. The van der Waals surface area contributed by atoms with Crippen LogP contribution in [-0.2, 0) is 5.41 Å². The summed E-state index contributed by atoms with van der Waals surface area (Å²) in [6.45, 7) is 9.03. The molecule has 0 N–H and O–H groups in total. The van der Waals surface area contributed by atoms with Crippen molar-refractivity contribution >= 4 is 0 Å². The molecule has 0 aliphatic heterocycles. The van der Waals surface area contributed by atoms with Gasteiger partial charge in [-0.1, -0.05) is 74.9 Å². The summed E-state index contributed by atoms with van der Waals surface area (Å²) in [6.07, 6.45) is 2.38. The molecule has 2 rings (SSSR count). The van der Waals surface area contributed by atoms with Crippen molar-refractivity contribution in [2.24, 2.45) is 0 Å². The van der Waals surface area contributed by atoms with Gasteiger partial charge in [-0.25, -0.2) is 0 Å². The van der Waals surface area contributed by atoms with E-state index >= 15 is 0 Å². The molecule has 0 amide bonds. The molecule has 0 unspecified atom stereocenters. The van der Waals surface area contributed by atoms with Gasteiger partial charge in [-0.3, -0.25) is 0 Å². The number of hydrogen-bond donors (Lipinski definition) is 0. The SMILES string of the molecule is CCC(C)(CC)c1ccc(-c2ccc(C)cc2)cc1. The molecule has 100 valence electrons. The van der Waals surface area contributed by atoms with Crippen LogP contribution < -0.4 is 0 Å². The van der Waals surface area contributed by atoms with Crippen LogP contribution in [0.1, 0.15) is 44.7 Å². The van der Waals surface area contributed by atoms with E-state index in [4.69, 9.17) is 0 Å². The summed E-state index contributed by atoms with van der Waals surface area (Å²) in [4.78, 5) is 0. The van der Waals surface area contributed by atoms with Crippen LogP contribution in [0.4, 0.5) is 0 Å². The molecule has 0 atom stereocenters. The third-order valence-electron chi connectivity index (χ3n) is 4.53. The highest BCUT2D eigenvalue weighted by molar-refractivity contribution is 5.64. The van der Waals surface area contributed by atoms with Gasteiger partial charge in [-0.2, -0.15) is 0 Å². The lowest BCUT2D eigenvalue weighted by Gasteiger charge is -2.27. The number of benzene rings is 2. The second-order valence-electron chi connectivity index (χ2n) is 5.71. The molecule has 2 aromatic rings. The van der Waals surface area contributed by atoms with Crippen LogP contribution in [0, 0.1) is 6.92 Å². The molecule has 0 heteroatoms. The lowest BCUT2D eigenvalue weighted by atomic mass is 9.77. The summed E-state index contributed by atoms with van der Waals surface area (Å²) < 4.78 is 0. The molecule has 0 saturated carbocycles. The van der Waals surface area contributed by atoms with E-state index in [0.29, 0.717) is 5.41 Å². The van der Waals surface area contributed by atoms with Gasteiger partial charge in [-0.05, 0) is 41.9 Å². The zero-order valence-corrected chi connectivity index (χ0v) is 12.5. The van der Waals surface area contributed by atoms with Gasteiger partial charge in [0.1, 0.15) is 0 Å². The normalized spacial score (nSPS) is 11.6. The Morgan fingerprint density at radius 1 is 0.737 bits per heavy atom. The Bertz CT molecular complexity index is 513. The van der Waals surface area contributed by atoms with Crippen molar-refractivity contribution in [3.63, 3.8) is 0 Å². The molecule has 0 bridgehead atoms. The minimum atomic E-state index is 0.311. The zero-order chi connectivity index (χ0) is 13.9. The van der Waals surface area contributed by atoms with Gasteiger partial charge in [0.05, 0.1) is 0 Å². The van der Waals surface area contributed by atoms with Gasteiger partial charge >= 0.3 is 0 Å². The van der Waals surface area contributed by atoms with Crippen LogP contribution in [-0.4, -0.2) is 0 Å². The van der Waals surface area contributed by atoms with E-state index in [-0.39, 0.29) is 0 Å². The second-order valence-corrected chi connectivity index (χ2v) is 5.71. The van der Waals surface area contributed by atoms with Crippen LogP contribution in [0.25, 0.3) is 11.1 Å². The molecular weight excluding hydrogens is 228 g/mol. The second kappa shape index (κ2) is 5.61. The van der Waals surface area contributed by atoms with Crippen molar-refractivity contribution in [3.8, 4) is 11.1 Å². The fraction of sp³-hybridized carbons (Fsp3) is 0.368. The van der Waals surface area contributed by atoms with E-state index in [9.17, 15) is 0 Å². The fourth-order valence-electron chi connectivity index (χ4n) is 2.47. The van der Waals surface area contributed by atoms with E-state index < -0.39 is 0 Å². The molecule has 0 spiro atoms. The van der Waals surface area contributed by atoms with Crippen molar-refractivity contribution in [1.29, 1.82) is 0 Å². The molecule has 0 fully saturated rings. The van der Waals surface area contributed by atoms with Crippen molar-refractivity contribution in [2.45, 2.75) is 46.0 Å². The number of rotatable bonds is 4. The Kier molecular flexibility index (Phi) is 4.09. The summed E-state index contributed by atoms with van der Waals surface area (Å²) in [5.74, 6) is 0. The zero-order valence-electron chi connectivity index (χ0n) is 12.5. The molecule has 0 aliphatic carbocycles. The largest absolute Gasteiger partial charge is 0.0645 e. The van der Waals surface area contributed by atoms with Crippen LogP contribution in [0.2, 0.25) is 0 Å². The average molecular weight is 252 g/mol. The lowest BCUT2D eigenvalue weighted by molar-refractivity contribution is 0.439. The maximum Gasteiger partial charge on any atom is -0.00805 e. The summed E-state index contributed by atoms with van der Waals surface area (Å²) >= 11 is 0. The Morgan fingerprint density at radius 3 is 1.58 bits per heavy atom. The average Bonchev–Trinajstić information content (AvgIpc) is 2.47. The van der Waals surface area contributed by atoms with Crippen molar-refractivity contribution in [1.82, 2.24) is 0 Å². The number of aryl methyl sites for hydroxylation is 1. The highest BCUT2D eigenvalue weighted by Gasteiger charge is 2.21. The summed E-state index contributed by atoms with van der Waals surface area (Å²) in [5, 5.41) is 0. The summed E-state index contributed by atoms with van der Waals surface area (Å²) in [6, 6.07) is 17.8. The molecular formula is C19H24. The van der Waals surface area contributed by atoms with Gasteiger partial charge < -0.3 is 0 Å². The minimum Gasteiger partial charge on any atom is -0.0645 e. The van der Waals surface area contributed by atoms with E-state index in [1.54, 1.807) is 0 Å². The highest BCUT2D eigenvalue weighted by atomic mass is 14.3. The molecule has 0 radical (unpaired) electrons. The minimum absolute atomic E-state index is 0.311. The molecule has 2 aromatic carbocycles. The first-order chi connectivity index (χ1) is 9.09. The smallest absolute Gasteiger partial charge is 0.00805 e. The fourth-order valence-corrected chi connectivity index (χ4v) is 2.47. The van der Waals surface area contributed by atoms with Crippen LogP contribution in [0.15, 0.2) is 48.5 Å². The van der Waals surface area contributed by atoms with E-state index in [0.717, 1.165) is 0 Å². The van der Waals surface area contributed by atoms with E-state index in [2.05, 4.69) is 76.2 Å². The van der Waals surface area contributed by atoms with Crippen molar-refractivity contribution in [3.05, 3.63) is 59.7 Å². The van der Waals surface area contributed by atoms with Crippen molar-refractivity contribution < 1.29 is 0 Å². The predicted molar refractivity (Wildman–Crippen MR) is 84.5 cm³/mol. The topological polar surface area (TPSA) is 0 Å². The van der Waals surface area contributed by atoms with E-state index in [1.807, 2.05) is 0 Å². The molecule has 0 heterocycles. The monoisotopic (exact) mass is 252 g/mol. The first-order valence-electron chi connectivity index (χ1n) is 7.26. The molecule has 0 aliphatic rings. The highest BCUT2D eigenvalue weighted by Crippen LogP contribution is 2.32. The van der Waals surface area contributed by atoms with Crippen LogP contribution in [0.3, 0.4) is 0 Å². The third kappa shape index (κ3) is 2.89. The van der Waals surface area contributed by atoms with Gasteiger partial charge in [0.25, 0.3) is 0 Å². The van der Waals surface area contributed by atoms with Crippen LogP contribution >= 0.6 is 0 Å². The maximum absolute atomic E-state index is 2.36. The molecule has 0 saturated heterocycles. The van der Waals surface area contributed by atoms with Crippen LogP contribution in [0.5, 0.6) is 0 Å². The molecule has 0 nitrogen and oxygen atoms in total.